The molecule has 0 aromatic heterocycles. The molecule has 0 amide bonds. The van der Waals surface area contributed by atoms with Crippen molar-refractivity contribution in [3.05, 3.63) is 0 Å². The van der Waals surface area contributed by atoms with Gasteiger partial charge in [0.2, 0.25) is 0 Å². The highest BCUT2D eigenvalue weighted by molar-refractivity contribution is 4.78. The van der Waals surface area contributed by atoms with Crippen LogP contribution in [0.25, 0.3) is 0 Å². The molecule has 1 rings (SSSR count). The molecule has 0 saturated heterocycles. The van der Waals surface area contributed by atoms with Crippen molar-refractivity contribution in [1.82, 2.24) is 0 Å². The van der Waals surface area contributed by atoms with Gasteiger partial charge in [-0.05, 0) is 31.1 Å². The van der Waals surface area contributed by atoms with Crippen molar-refractivity contribution in [3.8, 4) is 0 Å². The first kappa shape index (κ1) is 9.05. The summed E-state index contributed by atoms with van der Waals surface area (Å²) in [5.74, 6) is 1.48. The van der Waals surface area contributed by atoms with Gasteiger partial charge in [0.15, 0.2) is 0 Å². The summed E-state index contributed by atoms with van der Waals surface area (Å²) in [6.07, 6.45) is 5.99. The van der Waals surface area contributed by atoms with Crippen molar-refractivity contribution in [2.24, 2.45) is 11.8 Å². The molecule has 1 N–H and O–H groups in total. The standard InChI is InChI=1S/C10H20O/c1-3-8-5-6-10(11)9(4-2)7-8/h8-11H,3-7H2,1-2H3. The Kier molecular flexibility index (Phi) is 3.38. The summed E-state index contributed by atoms with van der Waals surface area (Å²) in [7, 11) is 0. The zero-order chi connectivity index (χ0) is 8.27. The average Bonchev–Trinajstić information content (AvgIpc) is 2.05. The molecule has 3 unspecified atom stereocenters. The molecule has 1 aliphatic carbocycles. The van der Waals surface area contributed by atoms with Gasteiger partial charge in [-0.1, -0.05) is 26.7 Å². The van der Waals surface area contributed by atoms with E-state index in [1.54, 1.807) is 0 Å². The van der Waals surface area contributed by atoms with Crippen LogP contribution in [0.5, 0.6) is 0 Å². The third-order valence-corrected chi connectivity index (χ3v) is 3.15. The maximum atomic E-state index is 9.58. The van der Waals surface area contributed by atoms with Crippen LogP contribution in [0.2, 0.25) is 0 Å². The molecule has 11 heavy (non-hydrogen) atoms. The van der Waals surface area contributed by atoms with Gasteiger partial charge in [-0.15, -0.1) is 0 Å². The lowest BCUT2D eigenvalue weighted by Crippen LogP contribution is -2.28. The minimum atomic E-state index is 0.00259. The van der Waals surface area contributed by atoms with Gasteiger partial charge >= 0.3 is 0 Å². The molecule has 1 fully saturated rings. The molecule has 0 spiro atoms. The molecule has 1 saturated carbocycles. The van der Waals surface area contributed by atoms with Gasteiger partial charge in [-0.25, -0.2) is 0 Å². The fraction of sp³-hybridized carbons (Fsp3) is 1.00. The lowest BCUT2D eigenvalue weighted by Gasteiger charge is -2.32. The Morgan fingerprint density at radius 3 is 2.45 bits per heavy atom. The van der Waals surface area contributed by atoms with Crippen molar-refractivity contribution < 1.29 is 5.11 Å². The second-order valence-electron chi connectivity index (χ2n) is 3.82. The highest BCUT2D eigenvalue weighted by Crippen LogP contribution is 2.32. The predicted octanol–water partition coefficient (Wildman–Crippen LogP) is 2.58. The molecule has 1 heteroatoms. The molecule has 0 aliphatic heterocycles. The molecule has 0 heterocycles. The summed E-state index contributed by atoms with van der Waals surface area (Å²) in [5, 5.41) is 9.58. The van der Waals surface area contributed by atoms with E-state index in [1.165, 1.54) is 19.3 Å². The molecule has 3 atom stereocenters. The summed E-state index contributed by atoms with van der Waals surface area (Å²) in [5.41, 5.74) is 0. The summed E-state index contributed by atoms with van der Waals surface area (Å²) in [6, 6.07) is 0. The molecule has 0 bridgehead atoms. The fourth-order valence-electron chi connectivity index (χ4n) is 2.15. The van der Waals surface area contributed by atoms with Crippen molar-refractivity contribution in [2.45, 2.75) is 52.1 Å². The minimum absolute atomic E-state index is 0.00259. The smallest absolute Gasteiger partial charge is 0.0568 e. The van der Waals surface area contributed by atoms with Gasteiger partial charge < -0.3 is 5.11 Å². The minimum Gasteiger partial charge on any atom is -0.393 e. The molecule has 66 valence electrons. The van der Waals surface area contributed by atoms with Crippen molar-refractivity contribution in [3.63, 3.8) is 0 Å². The van der Waals surface area contributed by atoms with E-state index in [0.717, 1.165) is 18.8 Å². The Hall–Kier alpha value is -0.0400. The SMILES string of the molecule is CCC1CCC(O)C(CC)C1. The van der Waals surface area contributed by atoms with E-state index in [2.05, 4.69) is 13.8 Å². The van der Waals surface area contributed by atoms with Crippen LogP contribution in [0, 0.1) is 11.8 Å². The average molecular weight is 156 g/mol. The first-order chi connectivity index (χ1) is 5.27. The zero-order valence-electron chi connectivity index (χ0n) is 7.71. The molecular formula is C10H20O. The van der Waals surface area contributed by atoms with Crippen molar-refractivity contribution in [2.75, 3.05) is 0 Å². The molecule has 0 aromatic carbocycles. The second-order valence-corrected chi connectivity index (χ2v) is 3.82. The van der Waals surface area contributed by atoms with Crippen molar-refractivity contribution >= 4 is 0 Å². The Balaban J connectivity index is 2.37. The normalized spacial score (nSPS) is 39.0. The predicted molar refractivity (Wildman–Crippen MR) is 47.4 cm³/mol. The number of rotatable bonds is 2. The maximum absolute atomic E-state index is 9.58. The number of aliphatic hydroxyl groups is 1. The third kappa shape index (κ3) is 2.19. The lowest BCUT2D eigenvalue weighted by atomic mass is 9.77. The van der Waals surface area contributed by atoms with Crippen LogP contribution < -0.4 is 0 Å². The Morgan fingerprint density at radius 2 is 1.91 bits per heavy atom. The number of aliphatic hydroxyl groups excluding tert-OH is 1. The second kappa shape index (κ2) is 4.10. The molecule has 0 radical (unpaired) electrons. The van der Waals surface area contributed by atoms with Crippen LogP contribution in [0.4, 0.5) is 0 Å². The molecule has 1 nitrogen and oxygen atoms in total. The highest BCUT2D eigenvalue weighted by atomic mass is 16.3. The van der Waals surface area contributed by atoms with Gasteiger partial charge in [0.05, 0.1) is 6.10 Å². The Bertz CT molecular complexity index is 111. The van der Waals surface area contributed by atoms with Gasteiger partial charge in [-0.2, -0.15) is 0 Å². The summed E-state index contributed by atoms with van der Waals surface area (Å²) >= 11 is 0. The van der Waals surface area contributed by atoms with Crippen LogP contribution in [-0.2, 0) is 0 Å². The van der Waals surface area contributed by atoms with Crippen LogP contribution in [-0.4, -0.2) is 11.2 Å². The van der Waals surface area contributed by atoms with Crippen LogP contribution >= 0.6 is 0 Å². The quantitative estimate of drug-likeness (QED) is 0.651. The highest BCUT2D eigenvalue weighted by Gasteiger charge is 2.26. The zero-order valence-corrected chi connectivity index (χ0v) is 7.71. The van der Waals surface area contributed by atoms with Crippen LogP contribution in [0.15, 0.2) is 0 Å². The largest absolute Gasteiger partial charge is 0.393 e. The molecule has 0 aromatic rings. The third-order valence-electron chi connectivity index (χ3n) is 3.15. The number of hydrogen-bond donors (Lipinski definition) is 1. The maximum Gasteiger partial charge on any atom is 0.0568 e. The lowest BCUT2D eigenvalue weighted by molar-refractivity contribution is 0.0455. The van der Waals surface area contributed by atoms with E-state index in [4.69, 9.17) is 0 Å². The summed E-state index contributed by atoms with van der Waals surface area (Å²) in [6.45, 7) is 4.45. The summed E-state index contributed by atoms with van der Waals surface area (Å²) in [4.78, 5) is 0. The first-order valence-corrected chi connectivity index (χ1v) is 4.96. The van der Waals surface area contributed by atoms with E-state index in [1.807, 2.05) is 0 Å². The van der Waals surface area contributed by atoms with Gasteiger partial charge in [-0.3, -0.25) is 0 Å². The van der Waals surface area contributed by atoms with E-state index in [-0.39, 0.29) is 6.10 Å². The van der Waals surface area contributed by atoms with E-state index in [9.17, 15) is 5.11 Å². The Labute approximate surface area is 69.8 Å². The Morgan fingerprint density at radius 1 is 1.18 bits per heavy atom. The van der Waals surface area contributed by atoms with E-state index in [0.29, 0.717) is 5.92 Å². The number of hydrogen-bond acceptors (Lipinski definition) is 1. The van der Waals surface area contributed by atoms with Gasteiger partial charge in [0.1, 0.15) is 0 Å². The topological polar surface area (TPSA) is 20.2 Å². The van der Waals surface area contributed by atoms with Crippen LogP contribution in [0.1, 0.15) is 46.0 Å². The molecule has 1 aliphatic rings. The molecular weight excluding hydrogens is 136 g/mol. The van der Waals surface area contributed by atoms with E-state index < -0.39 is 0 Å². The van der Waals surface area contributed by atoms with Gasteiger partial charge in [0, 0.05) is 0 Å². The van der Waals surface area contributed by atoms with Crippen molar-refractivity contribution in [1.29, 1.82) is 0 Å². The summed E-state index contributed by atoms with van der Waals surface area (Å²) < 4.78 is 0. The van der Waals surface area contributed by atoms with Gasteiger partial charge in [0.25, 0.3) is 0 Å². The van der Waals surface area contributed by atoms with Crippen LogP contribution in [0.3, 0.4) is 0 Å². The first-order valence-electron chi connectivity index (χ1n) is 4.96. The monoisotopic (exact) mass is 156 g/mol. The fourth-order valence-corrected chi connectivity index (χ4v) is 2.15. The van der Waals surface area contributed by atoms with E-state index >= 15 is 0 Å².